The first kappa shape index (κ1) is 15.5. The first-order valence-electron chi connectivity index (χ1n) is 5.90. The number of carbonyl (C=O) groups excluding carboxylic acids is 1. The number of esters is 1. The molecule has 6 heteroatoms. The Balaban J connectivity index is 2.57. The number of ether oxygens (including phenoxy) is 1. The van der Waals surface area contributed by atoms with Gasteiger partial charge in [0, 0.05) is 5.92 Å². The summed E-state index contributed by atoms with van der Waals surface area (Å²) in [6.45, 7) is 1.23. The van der Waals surface area contributed by atoms with Gasteiger partial charge >= 0.3 is 12.1 Å². The molecule has 1 aromatic carbocycles. The van der Waals surface area contributed by atoms with Crippen LogP contribution in [0.5, 0.6) is 0 Å². The molecule has 1 rings (SSSR count). The van der Waals surface area contributed by atoms with E-state index in [1.807, 2.05) is 0 Å². The Morgan fingerprint density at radius 2 is 1.89 bits per heavy atom. The molecule has 2 atom stereocenters. The van der Waals surface area contributed by atoms with Gasteiger partial charge in [-0.1, -0.05) is 25.1 Å². The Labute approximate surface area is 109 Å². The number of halogens is 3. The van der Waals surface area contributed by atoms with Gasteiger partial charge in [-0.2, -0.15) is 13.2 Å². The van der Waals surface area contributed by atoms with Gasteiger partial charge < -0.3 is 10.5 Å². The summed E-state index contributed by atoms with van der Waals surface area (Å²) in [5.41, 5.74) is 5.42. The van der Waals surface area contributed by atoms with Gasteiger partial charge in [-0.15, -0.1) is 0 Å². The van der Waals surface area contributed by atoms with Crippen LogP contribution in [0.25, 0.3) is 0 Å². The highest BCUT2D eigenvalue weighted by Crippen LogP contribution is 2.26. The molecule has 1 aromatic rings. The predicted octanol–water partition coefficient (Wildman–Crippen LogP) is 2.76. The largest absolute Gasteiger partial charge is 0.462 e. The topological polar surface area (TPSA) is 52.3 Å². The van der Waals surface area contributed by atoms with Crippen LogP contribution < -0.4 is 5.73 Å². The maximum atomic E-state index is 12.5. The molecule has 3 nitrogen and oxygen atoms in total. The van der Waals surface area contributed by atoms with E-state index in [-0.39, 0.29) is 13.0 Å². The van der Waals surface area contributed by atoms with Gasteiger partial charge in [-0.25, -0.2) is 4.79 Å². The van der Waals surface area contributed by atoms with Crippen LogP contribution in [-0.2, 0) is 4.74 Å². The molecule has 0 heterocycles. The highest BCUT2D eigenvalue weighted by atomic mass is 19.4. The van der Waals surface area contributed by atoms with Gasteiger partial charge in [-0.05, 0) is 18.6 Å². The Morgan fingerprint density at radius 1 is 1.32 bits per heavy atom. The molecule has 0 radical (unpaired) electrons. The average Bonchev–Trinajstić information content (AvgIpc) is 2.39. The monoisotopic (exact) mass is 275 g/mol. The third-order valence-corrected chi connectivity index (χ3v) is 2.85. The minimum Gasteiger partial charge on any atom is -0.462 e. The fourth-order valence-corrected chi connectivity index (χ4v) is 1.58. The van der Waals surface area contributed by atoms with Crippen molar-refractivity contribution in [3.05, 3.63) is 35.9 Å². The number of rotatable bonds is 5. The molecule has 0 saturated carbocycles. The highest BCUT2D eigenvalue weighted by Gasteiger charge is 2.41. The summed E-state index contributed by atoms with van der Waals surface area (Å²) in [7, 11) is 0. The van der Waals surface area contributed by atoms with Crippen LogP contribution in [0.3, 0.4) is 0 Å². The lowest BCUT2D eigenvalue weighted by atomic mass is 9.98. The molecular formula is C13H16F3NO2. The van der Waals surface area contributed by atoms with E-state index in [1.165, 1.54) is 12.1 Å². The van der Waals surface area contributed by atoms with Gasteiger partial charge in [0.25, 0.3) is 0 Å². The zero-order chi connectivity index (χ0) is 14.5. The lowest BCUT2D eigenvalue weighted by molar-refractivity contribution is -0.162. The fourth-order valence-electron chi connectivity index (χ4n) is 1.58. The van der Waals surface area contributed by atoms with E-state index in [2.05, 4.69) is 0 Å². The summed E-state index contributed by atoms with van der Waals surface area (Å²) in [6.07, 6.45) is -4.30. The van der Waals surface area contributed by atoms with E-state index in [9.17, 15) is 18.0 Å². The van der Waals surface area contributed by atoms with Gasteiger partial charge in [0.15, 0.2) is 0 Å². The third kappa shape index (κ3) is 4.55. The van der Waals surface area contributed by atoms with Crippen molar-refractivity contribution in [1.82, 2.24) is 0 Å². The molecule has 0 aliphatic carbocycles. The van der Waals surface area contributed by atoms with Crippen molar-refractivity contribution in [2.45, 2.75) is 25.6 Å². The van der Waals surface area contributed by atoms with Crippen LogP contribution in [0.15, 0.2) is 30.3 Å². The zero-order valence-electron chi connectivity index (χ0n) is 10.5. The lowest BCUT2D eigenvalue weighted by Crippen LogP contribution is -2.45. The molecule has 0 aliphatic rings. The Bertz CT molecular complexity index is 406. The van der Waals surface area contributed by atoms with Crippen LogP contribution in [0.4, 0.5) is 13.2 Å². The highest BCUT2D eigenvalue weighted by molar-refractivity contribution is 5.89. The smallest absolute Gasteiger partial charge is 0.404 e. The van der Waals surface area contributed by atoms with E-state index in [0.717, 1.165) is 0 Å². The standard InChI is InChI=1S/C13H16F3NO2/c1-2-9(11(17)13(14,15)16)8-19-12(18)10-6-4-3-5-7-10/h3-7,9,11H,2,8,17H2,1H3/t9-,11-/m0/s1. The molecule has 0 bridgehead atoms. The summed E-state index contributed by atoms with van der Waals surface area (Å²) in [5, 5.41) is 0. The van der Waals surface area contributed by atoms with Crippen molar-refractivity contribution in [1.29, 1.82) is 0 Å². The number of benzene rings is 1. The maximum absolute atomic E-state index is 12.5. The van der Waals surface area contributed by atoms with Crippen LogP contribution in [0.1, 0.15) is 23.7 Å². The first-order valence-corrected chi connectivity index (χ1v) is 5.90. The minimum absolute atomic E-state index is 0.183. The number of carbonyl (C=O) groups is 1. The van der Waals surface area contributed by atoms with Crippen LogP contribution >= 0.6 is 0 Å². The molecule has 0 spiro atoms. The normalized spacial score (nSPS) is 14.8. The Hall–Kier alpha value is -1.56. The second kappa shape index (κ2) is 6.56. The van der Waals surface area contributed by atoms with Gasteiger partial charge in [0.05, 0.1) is 12.2 Å². The number of hydrogen-bond acceptors (Lipinski definition) is 3. The van der Waals surface area contributed by atoms with Crippen molar-refractivity contribution in [3.8, 4) is 0 Å². The molecule has 0 fully saturated rings. The van der Waals surface area contributed by atoms with E-state index < -0.39 is 24.1 Å². The SMILES string of the molecule is CC[C@@H](COC(=O)c1ccccc1)[C@H](N)C(F)(F)F. The van der Waals surface area contributed by atoms with E-state index >= 15 is 0 Å². The van der Waals surface area contributed by atoms with E-state index in [4.69, 9.17) is 10.5 Å². The van der Waals surface area contributed by atoms with Crippen LogP contribution in [0.2, 0.25) is 0 Å². The second-order valence-corrected chi connectivity index (χ2v) is 4.20. The molecular weight excluding hydrogens is 259 g/mol. The molecule has 0 aromatic heterocycles. The predicted molar refractivity (Wildman–Crippen MR) is 64.5 cm³/mol. The zero-order valence-corrected chi connectivity index (χ0v) is 10.5. The summed E-state index contributed by atoms with van der Waals surface area (Å²) >= 11 is 0. The molecule has 106 valence electrons. The molecule has 0 saturated heterocycles. The maximum Gasteiger partial charge on any atom is 0.404 e. The Morgan fingerprint density at radius 3 is 2.37 bits per heavy atom. The summed E-state index contributed by atoms with van der Waals surface area (Å²) < 4.78 is 42.3. The van der Waals surface area contributed by atoms with Crippen LogP contribution in [-0.4, -0.2) is 24.8 Å². The molecule has 0 aliphatic heterocycles. The minimum atomic E-state index is -4.49. The number of hydrogen-bond donors (Lipinski definition) is 1. The molecule has 2 N–H and O–H groups in total. The second-order valence-electron chi connectivity index (χ2n) is 4.20. The van der Waals surface area contributed by atoms with Gasteiger partial charge in [0.1, 0.15) is 6.04 Å². The van der Waals surface area contributed by atoms with Gasteiger partial charge in [-0.3, -0.25) is 0 Å². The molecule has 0 unspecified atom stereocenters. The summed E-state index contributed by atoms with van der Waals surface area (Å²) in [6, 6.07) is 6.11. The van der Waals surface area contributed by atoms with Crippen molar-refractivity contribution in [2.24, 2.45) is 11.7 Å². The quantitative estimate of drug-likeness (QED) is 0.841. The Kier molecular flexibility index (Phi) is 5.35. The first-order chi connectivity index (χ1) is 8.86. The third-order valence-electron chi connectivity index (χ3n) is 2.85. The van der Waals surface area contributed by atoms with Gasteiger partial charge in [0.2, 0.25) is 0 Å². The average molecular weight is 275 g/mol. The number of alkyl halides is 3. The van der Waals surface area contributed by atoms with Crippen molar-refractivity contribution in [2.75, 3.05) is 6.61 Å². The summed E-state index contributed by atoms with van der Waals surface area (Å²) in [4.78, 5) is 11.6. The fraction of sp³-hybridized carbons (Fsp3) is 0.462. The van der Waals surface area contributed by atoms with Crippen molar-refractivity contribution >= 4 is 5.97 Å². The number of nitrogens with two attached hydrogens (primary N) is 1. The molecule has 0 amide bonds. The van der Waals surface area contributed by atoms with Crippen molar-refractivity contribution in [3.63, 3.8) is 0 Å². The van der Waals surface area contributed by atoms with E-state index in [1.54, 1.807) is 25.1 Å². The molecule has 19 heavy (non-hydrogen) atoms. The van der Waals surface area contributed by atoms with Crippen LogP contribution in [0, 0.1) is 5.92 Å². The van der Waals surface area contributed by atoms with E-state index in [0.29, 0.717) is 5.56 Å². The summed E-state index contributed by atoms with van der Waals surface area (Å²) in [5.74, 6) is -1.58. The van der Waals surface area contributed by atoms with Crippen molar-refractivity contribution < 1.29 is 22.7 Å². The lowest BCUT2D eigenvalue weighted by Gasteiger charge is -2.24.